The maximum absolute atomic E-state index is 13.2. The highest BCUT2D eigenvalue weighted by Crippen LogP contribution is 2.41. The van der Waals surface area contributed by atoms with Crippen molar-refractivity contribution in [2.75, 3.05) is 41.1 Å². The van der Waals surface area contributed by atoms with Crippen molar-refractivity contribution in [3.8, 4) is 11.5 Å². The van der Waals surface area contributed by atoms with Crippen molar-refractivity contribution >= 4 is 11.9 Å². The van der Waals surface area contributed by atoms with Crippen LogP contribution in [0.4, 0.5) is 0 Å². The van der Waals surface area contributed by atoms with Crippen LogP contribution in [0.1, 0.15) is 71.8 Å². The Balaban J connectivity index is 2.01. The third-order valence-electron chi connectivity index (χ3n) is 8.66. The van der Waals surface area contributed by atoms with Gasteiger partial charge in [0.15, 0.2) is 11.5 Å². The van der Waals surface area contributed by atoms with E-state index >= 15 is 0 Å². The summed E-state index contributed by atoms with van der Waals surface area (Å²) in [4.78, 5) is 25.4. The van der Waals surface area contributed by atoms with Crippen LogP contribution in [0.15, 0.2) is 18.2 Å². The zero-order valence-electron chi connectivity index (χ0n) is 26.2. The summed E-state index contributed by atoms with van der Waals surface area (Å²) in [7, 11) is 4.68. The quantitative estimate of drug-likeness (QED) is 0.165. The molecule has 1 saturated carbocycles. The van der Waals surface area contributed by atoms with Gasteiger partial charge in [0.05, 0.1) is 32.3 Å². The van der Waals surface area contributed by atoms with Crippen LogP contribution in [0.5, 0.6) is 11.5 Å². The highest BCUT2D eigenvalue weighted by molar-refractivity contribution is 5.82. The maximum Gasteiger partial charge on any atom is 0.313 e. The number of nitrogens with one attached hydrogen (secondary N) is 1. The lowest BCUT2D eigenvalue weighted by Crippen LogP contribution is -2.50. The van der Waals surface area contributed by atoms with Gasteiger partial charge in [0.2, 0.25) is 5.91 Å². The molecule has 0 spiro atoms. The number of nitrogens with two attached hydrogens (primary N) is 1. The second kappa shape index (κ2) is 16.9. The van der Waals surface area contributed by atoms with Crippen molar-refractivity contribution in [3.05, 3.63) is 23.8 Å². The summed E-state index contributed by atoms with van der Waals surface area (Å²) >= 11 is 0. The van der Waals surface area contributed by atoms with Crippen LogP contribution in [-0.2, 0) is 25.5 Å². The molecular weight excluding hydrogens is 524 g/mol. The average Bonchev–Trinajstić information content (AvgIpc) is 2.92. The summed E-state index contributed by atoms with van der Waals surface area (Å²) < 4.78 is 21.5. The van der Waals surface area contributed by atoms with E-state index in [2.05, 4.69) is 19.2 Å². The molecule has 4 N–H and O–H groups in total. The molecule has 0 saturated heterocycles. The minimum absolute atomic E-state index is 0.00909. The average molecular weight is 579 g/mol. The van der Waals surface area contributed by atoms with Crippen LogP contribution >= 0.6 is 0 Å². The molecular formula is C32H54N2O7. The van der Waals surface area contributed by atoms with Gasteiger partial charge in [-0.15, -0.1) is 0 Å². The second-order valence-electron chi connectivity index (χ2n) is 12.3. The van der Waals surface area contributed by atoms with Gasteiger partial charge in [0.1, 0.15) is 0 Å². The van der Waals surface area contributed by atoms with Gasteiger partial charge in [0, 0.05) is 38.6 Å². The molecule has 1 aromatic carbocycles. The number of aliphatic hydroxyl groups excluding tert-OH is 1. The summed E-state index contributed by atoms with van der Waals surface area (Å²) in [6, 6.07) is 5.51. The Morgan fingerprint density at radius 2 is 1.73 bits per heavy atom. The van der Waals surface area contributed by atoms with Crippen LogP contribution < -0.4 is 20.5 Å². The number of aliphatic hydroxyl groups is 1. The van der Waals surface area contributed by atoms with Gasteiger partial charge < -0.3 is 35.1 Å². The van der Waals surface area contributed by atoms with Crippen molar-refractivity contribution in [1.29, 1.82) is 0 Å². The second-order valence-corrected chi connectivity index (χ2v) is 12.3. The molecule has 1 amide bonds. The first-order valence-electron chi connectivity index (χ1n) is 15.1. The lowest BCUT2D eigenvalue weighted by molar-refractivity contribution is -0.158. The molecule has 1 aliphatic carbocycles. The maximum atomic E-state index is 13.2. The van der Waals surface area contributed by atoms with Crippen molar-refractivity contribution in [2.45, 2.75) is 84.8 Å². The summed E-state index contributed by atoms with van der Waals surface area (Å²) in [6.07, 6.45) is 3.99. The third kappa shape index (κ3) is 10.1. The number of amides is 1. The molecule has 1 aliphatic rings. The van der Waals surface area contributed by atoms with E-state index in [0.717, 1.165) is 24.8 Å². The van der Waals surface area contributed by atoms with Crippen LogP contribution in [0, 0.1) is 29.1 Å². The van der Waals surface area contributed by atoms with Gasteiger partial charge in [-0.1, -0.05) is 40.2 Å². The molecule has 2 rings (SSSR count). The van der Waals surface area contributed by atoms with E-state index in [-0.39, 0.29) is 36.7 Å². The lowest BCUT2D eigenvalue weighted by atomic mass is 9.68. The molecule has 0 aliphatic heterocycles. The van der Waals surface area contributed by atoms with Crippen LogP contribution in [0.3, 0.4) is 0 Å². The SMILES string of the molecule is COCCCOc1cc(C[C@@H](C[C@H](N)[C@@H](O)C[C@H](C(=O)NCC2(C(=O)OC)CCC2)C(C)C)C(C)C)ccc1OC. The molecule has 9 heteroatoms. The van der Waals surface area contributed by atoms with Gasteiger partial charge in [-0.3, -0.25) is 9.59 Å². The number of rotatable bonds is 19. The van der Waals surface area contributed by atoms with E-state index in [0.29, 0.717) is 49.9 Å². The Kier molecular flexibility index (Phi) is 14.4. The van der Waals surface area contributed by atoms with E-state index < -0.39 is 23.5 Å². The van der Waals surface area contributed by atoms with E-state index in [1.165, 1.54) is 7.11 Å². The summed E-state index contributed by atoms with van der Waals surface area (Å²) in [5.74, 6) is 1.12. The van der Waals surface area contributed by atoms with E-state index in [4.69, 9.17) is 24.7 Å². The zero-order chi connectivity index (χ0) is 30.6. The van der Waals surface area contributed by atoms with Gasteiger partial charge in [-0.2, -0.15) is 0 Å². The predicted octanol–water partition coefficient (Wildman–Crippen LogP) is 4.13. The molecule has 1 fully saturated rings. The zero-order valence-corrected chi connectivity index (χ0v) is 26.2. The first kappa shape index (κ1) is 34.8. The number of methoxy groups -OCH3 is 3. The molecule has 0 unspecified atom stereocenters. The molecule has 0 bridgehead atoms. The van der Waals surface area contributed by atoms with Gasteiger partial charge in [0.25, 0.3) is 0 Å². The molecule has 0 radical (unpaired) electrons. The normalized spacial score (nSPS) is 17.3. The monoisotopic (exact) mass is 578 g/mol. The fourth-order valence-corrected chi connectivity index (χ4v) is 5.52. The topological polar surface area (TPSA) is 129 Å². The standard InChI is InChI=1S/C32H54N2O7/c1-21(2)24(16-23-10-11-28(39-6)29(17-23)41-15-9-14-38-5)18-26(33)27(35)19-25(22(3)4)30(36)34-20-32(12-8-13-32)31(37)40-7/h10-11,17,21-22,24-27,35H,8-9,12-16,18-20,33H2,1-7H3,(H,34,36)/t24-,25-,26-,27-/m0/s1. The number of esters is 1. The summed E-state index contributed by atoms with van der Waals surface area (Å²) in [6.45, 7) is 9.70. The molecule has 0 heterocycles. The Hall–Kier alpha value is -2.36. The summed E-state index contributed by atoms with van der Waals surface area (Å²) in [5.41, 5.74) is 7.05. The first-order valence-corrected chi connectivity index (χ1v) is 15.1. The molecule has 41 heavy (non-hydrogen) atoms. The molecule has 234 valence electrons. The first-order chi connectivity index (χ1) is 19.5. The fraction of sp³-hybridized carbons (Fsp3) is 0.750. The smallest absolute Gasteiger partial charge is 0.313 e. The lowest BCUT2D eigenvalue weighted by Gasteiger charge is -2.39. The predicted molar refractivity (Wildman–Crippen MR) is 160 cm³/mol. The highest BCUT2D eigenvalue weighted by Gasteiger charge is 2.45. The number of carbonyl (C=O) groups is 2. The van der Waals surface area contributed by atoms with Crippen molar-refractivity contribution in [2.24, 2.45) is 34.8 Å². The Bertz CT molecular complexity index is 948. The third-order valence-corrected chi connectivity index (χ3v) is 8.66. The number of carbonyl (C=O) groups excluding carboxylic acids is 2. The number of hydrogen-bond acceptors (Lipinski definition) is 8. The number of ether oxygens (including phenoxy) is 4. The van der Waals surface area contributed by atoms with Gasteiger partial charge in [-0.25, -0.2) is 0 Å². The Morgan fingerprint density at radius 3 is 2.27 bits per heavy atom. The largest absolute Gasteiger partial charge is 0.493 e. The Labute approximate surface area is 246 Å². The fourth-order valence-electron chi connectivity index (χ4n) is 5.52. The van der Waals surface area contributed by atoms with E-state index in [9.17, 15) is 14.7 Å². The van der Waals surface area contributed by atoms with E-state index in [1.54, 1.807) is 14.2 Å². The minimum atomic E-state index is -0.830. The highest BCUT2D eigenvalue weighted by atomic mass is 16.5. The van der Waals surface area contributed by atoms with Crippen LogP contribution in [0.25, 0.3) is 0 Å². The van der Waals surface area contributed by atoms with Gasteiger partial charge in [-0.05, 0) is 67.6 Å². The van der Waals surface area contributed by atoms with Crippen molar-refractivity contribution < 1.29 is 33.6 Å². The molecule has 0 aromatic heterocycles. The summed E-state index contributed by atoms with van der Waals surface area (Å²) in [5, 5.41) is 14.1. The molecule has 1 aromatic rings. The number of benzene rings is 1. The minimum Gasteiger partial charge on any atom is -0.493 e. The van der Waals surface area contributed by atoms with Gasteiger partial charge >= 0.3 is 5.97 Å². The van der Waals surface area contributed by atoms with Crippen LogP contribution in [0.2, 0.25) is 0 Å². The van der Waals surface area contributed by atoms with Crippen molar-refractivity contribution in [3.63, 3.8) is 0 Å². The molecule has 4 atom stereocenters. The number of hydrogen-bond donors (Lipinski definition) is 3. The Morgan fingerprint density at radius 1 is 1.02 bits per heavy atom. The van der Waals surface area contributed by atoms with E-state index in [1.807, 2.05) is 32.0 Å². The van der Waals surface area contributed by atoms with Crippen molar-refractivity contribution in [1.82, 2.24) is 5.32 Å². The molecule has 9 nitrogen and oxygen atoms in total. The van der Waals surface area contributed by atoms with Crippen LogP contribution in [-0.4, -0.2) is 70.2 Å².